The van der Waals surface area contributed by atoms with Gasteiger partial charge in [-0.3, -0.25) is 0 Å². The number of hydrogen-bond acceptors (Lipinski definition) is 7. The zero-order chi connectivity index (χ0) is 27.0. The molecule has 9 atom stereocenters. The Kier molecular flexibility index (Phi) is 6.26. The Labute approximate surface area is 231 Å². The fraction of sp³-hybridized carbons (Fsp3) is 0.781. The molecule has 1 spiro atoms. The van der Waals surface area contributed by atoms with Gasteiger partial charge >= 0.3 is 5.97 Å². The number of ether oxygens (including phenoxy) is 5. The molecular weight excluding hydrogens is 496 g/mol. The Morgan fingerprint density at radius 3 is 2.31 bits per heavy atom. The van der Waals surface area contributed by atoms with Gasteiger partial charge < -0.3 is 28.8 Å². The molecule has 1 aromatic carbocycles. The molecule has 7 nitrogen and oxygen atoms in total. The van der Waals surface area contributed by atoms with Crippen LogP contribution in [-0.2, 0) is 23.7 Å². The van der Waals surface area contributed by atoms with Crippen LogP contribution >= 0.6 is 0 Å². The number of aliphatic hydroxyl groups is 1. The van der Waals surface area contributed by atoms with Gasteiger partial charge in [0.25, 0.3) is 0 Å². The van der Waals surface area contributed by atoms with E-state index in [0.717, 1.165) is 44.9 Å². The van der Waals surface area contributed by atoms with Crippen LogP contribution in [0.2, 0.25) is 0 Å². The maximum absolute atomic E-state index is 13.5. The second kappa shape index (κ2) is 9.25. The van der Waals surface area contributed by atoms with E-state index in [4.69, 9.17) is 23.7 Å². The molecule has 6 aliphatic rings. The summed E-state index contributed by atoms with van der Waals surface area (Å²) in [5.74, 6) is -0.520. The lowest BCUT2D eigenvalue weighted by Crippen LogP contribution is -2.65. The van der Waals surface area contributed by atoms with E-state index in [2.05, 4.69) is 20.8 Å². The minimum absolute atomic E-state index is 0.0543. The highest BCUT2D eigenvalue weighted by Gasteiger charge is 2.69. The standard InChI is InChI=1S/C32H44O7/c1-29-11-12-32(37-15-16-38-32)18-21(29)17-24(39-28(34)20-7-5-4-6-8-20)26-22-9-10-25(31(3)35-13-14-36-31)30(22,2)19-23(33)27(26)29/h4-8,21-27,33H,9-19H2,1-3H3/t21-,22?,23?,24?,25?,26?,27?,29+,30+/m1/s1. The molecule has 2 aliphatic heterocycles. The van der Waals surface area contributed by atoms with Crippen molar-refractivity contribution >= 4 is 5.97 Å². The fourth-order valence-electron chi connectivity index (χ4n) is 10.5. The summed E-state index contributed by atoms with van der Waals surface area (Å²) in [7, 11) is 0. The molecule has 1 aromatic rings. The molecular formula is C32H44O7. The third kappa shape index (κ3) is 3.98. The highest BCUT2D eigenvalue weighted by atomic mass is 16.7. The minimum atomic E-state index is -0.623. The van der Waals surface area contributed by atoms with Gasteiger partial charge in [-0.05, 0) is 79.7 Å². The van der Waals surface area contributed by atoms with Crippen molar-refractivity contribution in [3.05, 3.63) is 35.9 Å². The first-order chi connectivity index (χ1) is 18.7. The summed E-state index contributed by atoms with van der Waals surface area (Å²) >= 11 is 0. The largest absolute Gasteiger partial charge is 0.458 e. The third-order valence-electron chi connectivity index (χ3n) is 12.2. The molecule has 4 saturated carbocycles. The van der Waals surface area contributed by atoms with Crippen molar-refractivity contribution in [1.82, 2.24) is 0 Å². The van der Waals surface area contributed by atoms with Crippen molar-refractivity contribution in [2.45, 2.75) is 89.5 Å². The van der Waals surface area contributed by atoms with Crippen LogP contribution in [0.4, 0.5) is 0 Å². The fourth-order valence-corrected chi connectivity index (χ4v) is 10.5. The van der Waals surface area contributed by atoms with Crippen molar-refractivity contribution in [3.63, 3.8) is 0 Å². The number of aliphatic hydroxyl groups excluding tert-OH is 1. The van der Waals surface area contributed by atoms with Crippen LogP contribution in [0, 0.1) is 40.4 Å². The highest BCUT2D eigenvalue weighted by molar-refractivity contribution is 5.89. The average Bonchev–Trinajstić information content (AvgIpc) is 3.64. The van der Waals surface area contributed by atoms with Crippen LogP contribution in [0.15, 0.2) is 30.3 Å². The van der Waals surface area contributed by atoms with E-state index in [1.165, 1.54) is 0 Å². The Morgan fingerprint density at radius 2 is 1.59 bits per heavy atom. The first kappa shape index (κ1) is 26.4. The van der Waals surface area contributed by atoms with Crippen LogP contribution in [-0.4, -0.2) is 61.3 Å². The van der Waals surface area contributed by atoms with Crippen LogP contribution in [0.25, 0.3) is 0 Å². The van der Waals surface area contributed by atoms with Gasteiger partial charge in [-0.25, -0.2) is 4.79 Å². The first-order valence-corrected chi connectivity index (χ1v) is 15.2. The topological polar surface area (TPSA) is 83.5 Å². The molecule has 1 N–H and O–H groups in total. The lowest BCUT2D eigenvalue weighted by atomic mass is 9.42. The number of benzene rings is 1. The second-order valence-corrected chi connectivity index (χ2v) is 13.9. The molecule has 0 aromatic heterocycles. The Morgan fingerprint density at radius 1 is 0.897 bits per heavy atom. The molecule has 2 heterocycles. The molecule has 4 aliphatic carbocycles. The van der Waals surface area contributed by atoms with E-state index in [-0.39, 0.29) is 46.6 Å². The number of rotatable bonds is 3. The lowest BCUT2D eigenvalue weighted by molar-refractivity contribution is -0.268. The van der Waals surface area contributed by atoms with Gasteiger partial charge in [-0.2, -0.15) is 0 Å². The van der Waals surface area contributed by atoms with E-state index >= 15 is 0 Å². The van der Waals surface area contributed by atoms with E-state index in [1.807, 2.05) is 30.3 Å². The number of hydrogen-bond donors (Lipinski definition) is 1. The number of esters is 1. The molecule has 0 bridgehead atoms. The molecule has 39 heavy (non-hydrogen) atoms. The molecule has 7 rings (SSSR count). The molecule has 214 valence electrons. The van der Waals surface area contributed by atoms with Gasteiger partial charge in [-0.1, -0.05) is 32.0 Å². The molecule has 6 unspecified atom stereocenters. The van der Waals surface area contributed by atoms with Crippen molar-refractivity contribution < 1.29 is 33.6 Å². The molecule has 0 radical (unpaired) electrons. The Bertz CT molecular complexity index is 1080. The molecule has 7 heteroatoms. The summed E-state index contributed by atoms with van der Waals surface area (Å²) in [6, 6.07) is 9.31. The van der Waals surface area contributed by atoms with E-state index in [0.29, 0.717) is 37.9 Å². The van der Waals surface area contributed by atoms with Gasteiger partial charge in [0.05, 0.1) is 38.1 Å². The summed E-state index contributed by atoms with van der Waals surface area (Å²) in [4.78, 5) is 13.5. The monoisotopic (exact) mass is 540 g/mol. The molecule has 6 fully saturated rings. The van der Waals surface area contributed by atoms with Crippen LogP contribution in [0.1, 0.15) is 76.1 Å². The van der Waals surface area contributed by atoms with Crippen LogP contribution in [0.5, 0.6) is 0 Å². The smallest absolute Gasteiger partial charge is 0.338 e. The average molecular weight is 541 g/mol. The highest BCUT2D eigenvalue weighted by Crippen LogP contribution is 2.70. The summed E-state index contributed by atoms with van der Waals surface area (Å²) in [6.45, 7) is 9.31. The molecule has 0 amide bonds. The summed E-state index contributed by atoms with van der Waals surface area (Å²) < 4.78 is 31.2. The number of carbonyl (C=O) groups is 1. The maximum Gasteiger partial charge on any atom is 0.338 e. The Balaban J connectivity index is 1.26. The minimum Gasteiger partial charge on any atom is -0.458 e. The van der Waals surface area contributed by atoms with Crippen molar-refractivity contribution in [1.29, 1.82) is 0 Å². The predicted molar refractivity (Wildman–Crippen MR) is 143 cm³/mol. The lowest BCUT2D eigenvalue weighted by Gasteiger charge is -2.64. The quantitative estimate of drug-likeness (QED) is 0.543. The van der Waals surface area contributed by atoms with E-state index < -0.39 is 17.7 Å². The predicted octanol–water partition coefficient (Wildman–Crippen LogP) is 4.96. The van der Waals surface area contributed by atoms with Gasteiger partial charge in [0.15, 0.2) is 11.6 Å². The maximum atomic E-state index is 13.5. The summed E-state index contributed by atoms with van der Waals surface area (Å²) in [6.07, 6.45) is 5.39. The normalized spacial score (nSPS) is 45.9. The zero-order valence-electron chi connectivity index (χ0n) is 23.6. The van der Waals surface area contributed by atoms with Gasteiger partial charge in [-0.15, -0.1) is 0 Å². The van der Waals surface area contributed by atoms with Gasteiger partial charge in [0.2, 0.25) is 0 Å². The molecule has 2 saturated heterocycles. The van der Waals surface area contributed by atoms with E-state index in [9.17, 15) is 9.90 Å². The first-order valence-electron chi connectivity index (χ1n) is 15.2. The second-order valence-electron chi connectivity index (χ2n) is 13.9. The zero-order valence-corrected chi connectivity index (χ0v) is 23.6. The van der Waals surface area contributed by atoms with Crippen LogP contribution in [0.3, 0.4) is 0 Å². The van der Waals surface area contributed by atoms with Crippen LogP contribution < -0.4 is 0 Å². The Hall–Kier alpha value is -1.51. The van der Waals surface area contributed by atoms with Crippen molar-refractivity contribution in [2.75, 3.05) is 26.4 Å². The number of fused-ring (bicyclic) bond motifs is 5. The number of carbonyl (C=O) groups excluding carboxylic acids is 1. The van der Waals surface area contributed by atoms with Crippen molar-refractivity contribution in [3.8, 4) is 0 Å². The van der Waals surface area contributed by atoms with Gasteiger partial charge in [0.1, 0.15) is 6.10 Å². The third-order valence-corrected chi connectivity index (χ3v) is 12.2. The summed E-state index contributed by atoms with van der Waals surface area (Å²) in [5.41, 5.74) is 0.353. The van der Waals surface area contributed by atoms with Crippen molar-refractivity contribution in [2.24, 2.45) is 40.4 Å². The van der Waals surface area contributed by atoms with E-state index in [1.54, 1.807) is 0 Å². The summed E-state index contributed by atoms with van der Waals surface area (Å²) in [5, 5.41) is 12.1. The van der Waals surface area contributed by atoms with Gasteiger partial charge in [0, 0.05) is 24.7 Å². The SMILES string of the molecule is CC1(C2CCC3C4C(OC(=O)c5ccccc5)C[C@@H]5CC6(CC[C@]5(C)C4C(O)C[C@@]32C)OCCO6)OCCO1.